The highest BCUT2D eigenvalue weighted by atomic mass is 35.5. The molecule has 0 saturated carbocycles. The minimum absolute atomic E-state index is 0.268. The molecule has 4 nitrogen and oxygen atoms in total. The highest BCUT2D eigenvalue weighted by molar-refractivity contribution is 6.34. The summed E-state index contributed by atoms with van der Waals surface area (Å²) in [4.78, 5) is 16.5. The van der Waals surface area contributed by atoms with Gasteiger partial charge >= 0.3 is 0 Å². The lowest BCUT2D eigenvalue weighted by molar-refractivity contribution is 0.102. The van der Waals surface area contributed by atoms with Crippen molar-refractivity contribution in [3.63, 3.8) is 0 Å². The minimum atomic E-state index is -0.268. The van der Waals surface area contributed by atoms with E-state index in [0.29, 0.717) is 16.4 Å². The van der Waals surface area contributed by atoms with E-state index in [1.54, 1.807) is 12.3 Å². The molecule has 0 unspecified atom stereocenters. The van der Waals surface area contributed by atoms with Gasteiger partial charge in [0.2, 0.25) is 0 Å². The summed E-state index contributed by atoms with van der Waals surface area (Å²) in [6.45, 7) is 6.86. The van der Waals surface area contributed by atoms with Gasteiger partial charge in [-0.05, 0) is 49.6 Å². The van der Waals surface area contributed by atoms with Gasteiger partial charge in [-0.25, -0.2) is 4.98 Å². The van der Waals surface area contributed by atoms with Crippen LogP contribution in [0.25, 0.3) is 0 Å². The third-order valence-corrected chi connectivity index (χ3v) is 3.54. The van der Waals surface area contributed by atoms with Crippen LogP contribution >= 0.6 is 11.6 Å². The van der Waals surface area contributed by atoms with Crippen molar-refractivity contribution in [3.8, 4) is 0 Å². The van der Waals surface area contributed by atoms with Crippen LogP contribution in [0.2, 0.25) is 5.02 Å². The zero-order chi connectivity index (χ0) is 16.1. The Hall–Kier alpha value is -2.07. The van der Waals surface area contributed by atoms with Crippen LogP contribution in [0.1, 0.15) is 35.0 Å². The molecule has 1 aromatic heterocycles. The van der Waals surface area contributed by atoms with E-state index in [1.807, 2.05) is 32.0 Å². The highest BCUT2D eigenvalue weighted by Crippen LogP contribution is 2.27. The third-order valence-electron chi connectivity index (χ3n) is 3.25. The predicted molar refractivity (Wildman–Crippen MR) is 91.9 cm³/mol. The average molecular weight is 318 g/mol. The molecular weight excluding hydrogens is 298 g/mol. The quantitative estimate of drug-likeness (QED) is 0.858. The molecule has 0 fully saturated rings. The number of benzene rings is 1. The topological polar surface area (TPSA) is 54.0 Å². The Kier molecular flexibility index (Phi) is 5.39. The van der Waals surface area contributed by atoms with E-state index in [0.717, 1.165) is 29.8 Å². The van der Waals surface area contributed by atoms with E-state index in [4.69, 9.17) is 11.6 Å². The van der Waals surface area contributed by atoms with Crippen molar-refractivity contribution in [1.82, 2.24) is 4.98 Å². The van der Waals surface area contributed by atoms with Gasteiger partial charge in [-0.15, -0.1) is 0 Å². The van der Waals surface area contributed by atoms with Crippen LogP contribution in [0.5, 0.6) is 0 Å². The Morgan fingerprint density at radius 3 is 2.64 bits per heavy atom. The van der Waals surface area contributed by atoms with Crippen LogP contribution in [0.15, 0.2) is 30.5 Å². The number of anilines is 2. The molecule has 0 atom stereocenters. The summed E-state index contributed by atoms with van der Waals surface area (Å²) in [5.41, 5.74) is 3.89. The number of rotatable bonds is 5. The second-order valence-corrected chi connectivity index (χ2v) is 5.66. The second kappa shape index (κ2) is 7.27. The lowest BCUT2D eigenvalue weighted by Gasteiger charge is -2.11. The van der Waals surface area contributed by atoms with E-state index >= 15 is 0 Å². The van der Waals surface area contributed by atoms with E-state index in [2.05, 4.69) is 22.5 Å². The van der Waals surface area contributed by atoms with Crippen LogP contribution in [-0.4, -0.2) is 17.4 Å². The van der Waals surface area contributed by atoms with Gasteiger partial charge < -0.3 is 10.6 Å². The number of hydrogen-bond donors (Lipinski definition) is 2. The van der Waals surface area contributed by atoms with Crippen molar-refractivity contribution >= 4 is 28.9 Å². The second-order valence-electron chi connectivity index (χ2n) is 5.25. The number of carbonyl (C=O) groups excluding carboxylic acids is 1. The van der Waals surface area contributed by atoms with Gasteiger partial charge in [0.1, 0.15) is 5.69 Å². The number of pyridine rings is 1. The first kappa shape index (κ1) is 16.3. The van der Waals surface area contributed by atoms with Gasteiger partial charge in [0, 0.05) is 6.54 Å². The number of aryl methyl sites for hydroxylation is 2. The molecule has 0 aliphatic heterocycles. The van der Waals surface area contributed by atoms with Crippen molar-refractivity contribution in [2.45, 2.75) is 27.2 Å². The molecule has 2 rings (SSSR count). The summed E-state index contributed by atoms with van der Waals surface area (Å²) < 4.78 is 0. The molecule has 2 N–H and O–H groups in total. The maximum absolute atomic E-state index is 12.3. The van der Waals surface area contributed by atoms with Crippen LogP contribution in [-0.2, 0) is 0 Å². The molecule has 1 amide bonds. The summed E-state index contributed by atoms with van der Waals surface area (Å²) in [5, 5.41) is 6.58. The molecule has 0 bridgehead atoms. The molecular formula is C17H20ClN3O. The maximum atomic E-state index is 12.3. The molecule has 1 aromatic carbocycles. The Morgan fingerprint density at radius 2 is 2.05 bits per heavy atom. The lowest BCUT2D eigenvalue weighted by Crippen LogP contribution is -2.15. The number of aromatic nitrogens is 1. The monoisotopic (exact) mass is 317 g/mol. The Labute approximate surface area is 135 Å². The number of amides is 1. The molecule has 0 aliphatic carbocycles. The number of halogens is 1. The Bertz CT molecular complexity index is 645. The molecule has 1 heterocycles. The standard InChI is InChI=1S/C17H20ClN3O/c1-4-7-19-13-5-6-15(20-10-13)17(22)21-16-12(3)8-11(2)9-14(16)18/h5-6,8-10,19H,4,7H2,1-3H3,(H,21,22). The summed E-state index contributed by atoms with van der Waals surface area (Å²) in [5.74, 6) is -0.268. The first-order valence-corrected chi connectivity index (χ1v) is 7.67. The number of carbonyl (C=O) groups is 1. The summed E-state index contributed by atoms with van der Waals surface area (Å²) in [6, 6.07) is 7.36. The molecule has 0 saturated heterocycles. The summed E-state index contributed by atoms with van der Waals surface area (Å²) in [7, 11) is 0. The molecule has 116 valence electrons. The number of hydrogen-bond acceptors (Lipinski definition) is 3. The van der Waals surface area contributed by atoms with Crippen LogP contribution in [0.4, 0.5) is 11.4 Å². The maximum Gasteiger partial charge on any atom is 0.274 e. The van der Waals surface area contributed by atoms with Gasteiger partial charge in [-0.2, -0.15) is 0 Å². The first-order chi connectivity index (χ1) is 10.5. The van der Waals surface area contributed by atoms with Crippen LogP contribution in [0, 0.1) is 13.8 Å². The van der Waals surface area contributed by atoms with Crippen LogP contribution < -0.4 is 10.6 Å². The molecule has 2 aromatic rings. The lowest BCUT2D eigenvalue weighted by atomic mass is 10.1. The van der Waals surface area contributed by atoms with Gasteiger partial charge in [-0.3, -0.25) is 4.79 Å². The van der Waals surface area contributed by atoms with Gasteiger partial charge in [0.15, 0.2) is 0 Å². The molecule has 0 aliphatic rings. The van der Waals surface area contributed by atoms with Crippen molar-refractivity contribution in [1.29, 1.82) is 0 Å². The van der Waals surface area contributed by atoms with E-state index in [-0.39, 0.29) is 5.91 Å². The van der Waals surface area contributed by atoms with Crippen molar-refractivity contribution in [2.24, 2.45) is 0 Å². The van der Waals surface area contributed by atoms with Crippen molar-refractivity contribution in [2.75, 3.05) is 17.2 Å². The van der Waals surface area contributed by atoms with E-state index in [1.165, 1.54) is 0 Å². The first-order valence-electron chi connectivity index (χ1n) is 7.29. The molecule has 0 spiro atoms. The zero-order valence-electron chi connectivity index (χ0n) is 13.0. The predicted octanol–water partition coefficient (Wildman–Crippen LogP) is 4.43. The summed E-state index contributed by atoms with van der Waals surface area (Å²) in [6.07, 6.45) is 2.70. The summed E-state index contributed by atoms with van der Waals surface area (Å²) >= 11 is 6.20. The van der Waals surface area contributed by atoms with Gasteiger partial charge in [0.25, 0.3) is 5.91 Å². The minimum Gasteiger partial charge on any atom is -0.384 e. The average Bonchev–Trinajstić information content (AvgIpc) is 2.49. The zero-order valence-corrected chi connectivity index (χ0v) is 13.8. The van der Waals surface area contributed by atoms with E-state index in [9.17, 15) is 4.79 Å². The van der Waals surface area contributed by atoms with Crippen molar-refractivity contribution < 1.29 is 4.79 Å². The molecule has 0 radical (unpaired) electrons. The SMILES string of the molecule is CCCNc1ccc(C(=O)Nc2c(C)cc(C)cc2Cl)nc1. The molecule has 5 heteroatoms. The van der Waals surface area contributed by atoms with Crippen molar-refractivity contribution in [3.05, 3.63) is 52.3 Å². The number of nitrogens with zero attached hydrogens (tertiary/aromatic N) is 1. The third kappa shape index (κ3) is 3.98. The highest BCUT2D eigenvalue weighted by Gasteiger charge is 2.12. The van der Waals surface area contributed by atoms with E-state index < -0.39 is 0 Å². The molecule has 22 heavy (non-hydrogen) atoms. The smallest absolute Gasteiger partial charge is 0.274 e. The number of nitrogens with one attached hydrogen (secondary N) is 2. The Morgan fingerprint density at radius 1 is 1.27 bits per heavy atom. The fraction of sp³-hybridized carbons (Fsp3) is 0.294. The van der Waals surface area contributed by atoms with Crippen LogP contribution in [0.3, 0.4) is 0 Å². The van der Waals surface area contributed by atoms with Gasteiger partial charge in [-0.1, -0.05) is 24.6 Å². The largest absolute Gasteiger partial charge is 0.384 e. The van der Waals surface area contributed by atoms with Gasteiger partial charge in [0.05, 0.1) is 22.6 Å². The normalized spacial score (nSPS) is 10.4. The Balaban J connectivity index is 2.12. The fourth-order valence-electron chi connectivity index (χ4n) is 2.15. The fourth-order valence-corrected chi connectivity index (χ4v) is 2.52.